The van der Waals surface area contributed by atoms with Gasteiger partial charge in [-0.3, -0.25) is 9.59 Å². The van der Waals surface area contributed by atoms with Crippen molar-refractivity contribution in [3.05, 3.63) is 58.4 Å². The van der Waals surface area contributed by atoms with E-state index in [0.717, 1.165) is 4.31 Å². The number of Topliss-reactive ketones (excluding diaryl/α,β-unsaturated/α-hetero) is 1. The van der Waals surface area contributed by atoms with Crippen molar-refractivity contribution in [2.24, 2.45) is 0 Å². The van der Waals surface area contributed by atoms with Gasteiger partial charge in [-0.25, -0.2) is 17.1 Å². The molecule has 0 saturated carbocycles. The fraction of sp³-hybridized carbons (Fsp3) is 0.333. The summed E-state index contributed by atoms with van der Waals surface area (Å²) in [7, 11) is -0.891. The maximum Gasteiger partial charge on any atom is 0.255 e. The summed E-state index contributed by atoms with van der Waals surface area (Å²) in [6.07, 6.45) is 0. The molecule has 2 aromatic carbocycles. The van der Waals surface area contributed by atoms with Crippen LogP contribution in [0.1, 0.15) is 27.6 Å². The molecule has 2 aromatic rings. The molecule has 0 unspecified atom stereocenters. The molecular weight excluding hydrogens is 445 g/mol. The third kappa shape index (κ3) is 4.73. The number of carbonyl (C=O) groups is 2. The molecule has 3 rings (SSSR count). The molecule has 1 aliphatic heterocycles. The Morgan fingerprint density at radius 1 is 1.03 bits per heavy atom. The number of rotatable bonds is 5. The first-order valence-corrected chi connectivity index (χ1v) is 11.4. The standard InChI is InChI=1S/C21H23ClFN3O4S/c1-14(27)15-4-7-20(19(23)12-15)25-8-10-26(11-9-25)21(28)17-13-16(5-6-18(17)22)31(29,30)24(2)3/h4-7,12-13H,8-11H2,1-3H3. The van der Waals surface area contributed by atoms with Gasteiger partial charge in [-0.05, 0) is 43.3 Å². The van der Waals surface area contributed by atoms with Crippen LogP contribution in [0, 0.1) is 5.82 Å². The molecule has 7 nitrogen and oxygen atoms in total. The zero-order chi connectivity index (χ0) is 22.9. The molecule has 0 atom stereocenters. The van der Waals surface area contributed by atoms with Gasteiger partial charge in [0, 0.05) is 45.8 Å². The number of benzene rings is 2. The van der Waals surface area contributed by atoms with E-state index >= 15 is 0 Å². The van der Waals surface area contributed by atoms with Gasteiger partial charge in [0.25, 0.3) is 5.91 Å². The van der Waals surface area contributed by atoms with Gasteiger partial charge in [-0.1, -0.05) is 11.6 Å². The molecule has 10 heteroatoms. The van der Waals surface area contributed by atoms with E-state index in [0.29, 0.717) is 37.4 Å². The minimum Gasteiger partial charge on any atom is -0.366 e. The second-order valence-corrected chi connectivity index (χ2v) is 9.99. The molecule has 0 aliphatic carbocycles. The Morgan fingerprint density at radius 2 is 1.68 bits per heavy atom. The number of hydrogen-bond donors (Lipinski definition) is 0. The average Bonchev–Trinajstić information content (AvgIpc) is 2.73. The SMILES string of the molecule is CC(=O)c1ccc(N2CCN(C(=O)c3cc(S(=O)(=O)N(C)C)ccc3Cl)CC2)c(F)c1. The highest BCUT2D eigenvalue weighted by Crippen LogP contribution is 2.26. The van der Waals surface area contributed by atoms with Crippen LogP contribution in [0.5, 0.6) is 0 Å². The third-order valence-electron chi connectivity index (χ3n) is 5.21. The first-order valence-electron chi connectivity index (χ1n) is 9.59. The van der Waals surface area contributed by atoms with Gasteiger partial charge < -0.3 is 9.80 Å². The molecule has 0 N–H and O–H groups in total. The van der Waals surface area contributed by atoms with Crippen molar-refractivity contribution in [1.29, 1.82) is 0 Å². The van der Waals surface area contributed by atoms with E-state index in [1.54, 1.807) is 21.9 Å². The van der Waals surface area contributed by atoms with Crippen LogP contribution in [0.15, 0.2) is 41.3 Å². The molecule has 0 aromatic heterocycles. The molecule has 1 amide bonds. The minimum atomic E-state index is -3.71. The summed E-state index contributed by atoms with van der Waals surface area (Å²) in [6, 6.07) is 8.40. The molecule has 31 heavy (non-hydrogen) atoms. The third-order valence-corrected chi connectivity index (χ3v) is 7.35. The lowest BCUT2D eigenvalue weighted by atomic mass is 10.1. The smallest absolute Gasteiger partial charge is 0.255 e. The number of nitrogens with zero attached hydrogens (tertiary/aromatic N) is 3. The van der Waals surface area contributed by atoms with Crippen LogP contribution < -0.4 is 4.90 Å². The Bertz CT molecular complexity index is 1130. The lowest BCUT2D eigenvalue weighted by Gasteiger charge is -2.36. The molecule has 0 spiro atoms. The van der Waals surface area contributed by atoms with Crippen LogP contribution in [-0.4, -0.2) is 69.6 Å². The molecule has 1 heterocycles. The fourth-order valence-electron chi connectivity index (χ4n) is 3.34. The summed E-state index contributed by atoms with van der Waals surface area (Å²) in [4.78, 5) is 27.8. The van der Waals surface area contributed by atoms with Crippen LogP contribution in [0.25, 0.3) is 0 Å². The summed E-state index contributed by atoms with van der Waals surface area (Å²) in [5.41, 5.74) is 0.779. The van der Waals surface area contributed by atoms with E-state index in [1.807, 2.05) is 0 Å². The summed E-state index contributed by atoms with van der Waals surface area (Å²) < 4.78 is 40.3. The molecule has 0 bridgehead atoms. The summed E-state index contributed by atoms with van der Waals surface area (Å²) >= 11 is 6.18. The number of sulfonamides is 1. The molecule has 1 fully saturated rings. The molecule has 1 saturated heterocycles. The zero-order valence-corrected chi connectivity index (χ0v) is 19.0. The Hall–Kier alpha value is -2.49. The van der Waals surface area contributed by atoms with Crippen LogP contribution >= 0.6 is 11.6 Å². The molecule has 1 aliphatic rings. The molecule has 166 valence electrons. The van der Waals surface area contributed by atoms with Crippen LogP contribution in [0.4, 0.5) is 10.1 Å². The number of carbonyl (C=O) groups excluding carboxylic acids is 2. The van der Waals surface area contributed by atoms with Gasteiger partial charge >= 0.3 is 0 Å². The maximum atomic E-state index is 14.4. The summed E-state index contributed by atoms with van der Waals surface area (Å²) in [5, 5.41) is 0.163. The Kier molecular flexibility index (Phi) is 6.68. The Labute approximate surface area is 186 Å². The van der Waals surface area contributed by atoms with Gasteiger partial charge in [-0.15, -0.1) is 0 Å². The highest BCUT2D eigenvalue weighted by atomic mass is 35.5. The van der Waals surface area contributed by atoms with Crippen LogP contribution in [0.2, 0.25) is 5.02 Å². The van der Waals surface area contributed by atoms with Crippen molar-refractivity contribution in [2.45, 2.75) is 11.8 Å². The predicted octanol–water partition coefficient (Wildman–Crippen LogP) is 2.89. The van der Waals surface area contributed by atoms with Gasteiger partial charge in [0.05, 0.1) is 21.2 Å². The first-order chi connectivity index (χ1) is 14.5. The van der Waals surface area contributed by atoms with Gasteiger partial charge in [0.15, 0.2) is 5.78 Å². The monoisotopic (exact) mass is 467 g/mol. The molecule has 0 radical (unpaired) electrons. The second-order valence-electron chi connectivity index (χ2n) is 7.43. The normalized spacial score (nSPS) is 14.8. The van der Waals surface area contributed by atoms with E-state index in [1.165, 1.54) is 45.3 Å². The predicted molar refractivity (Wildman–Crippen MR) is 117 cm³/mol. The summed E-state index contributed by atoms with van der Waals surface area (Å²) in [6.45, 7) is 2.77. The van der Waals surface area contributed by atoms with E-state index in [4.69, 9.17) is 11.6 Å². The largest absolute Gasteiger partial charge is 0.366 e. The van der Waals surface area contributed by atoms with E-state index in [9.17, 15) is 22.4 Å². The maximum absolute atomic E-state index is 14.4. The highest BCUT2D eigenvalue weighted by molar-refractivity contribution is 7.89. The second kappa shape index (κ2) is 8.94. The topological polar surface area (TPSA) is 78.0 Å². The fourth-order valence-corrected chi connectivity index (χ4v) is 4.47. The number of ketones is 1. The number of anilines is 1. The van der Waals surface area contributed by atoms with E-state index < -0.39 is 15.8 Å². The van der Waals surface area contributed by atoms with Gasteiger partial charge in [-0.2, -0.15) is 0 Å². The van der Waals surface area contributed by atoms with Crippen molar-refractivity contribution >= 4 is 39.0 Å². The number of hydrogen-bond acceptors (Lipinski definition) is 5. The number of piperazine rings is 1. The highest BCUT2D eigenvalue weighted by Gasteiger charge is 2.27. The van der Waals surface area contributed by atoms with Crippen LogP contribution in [-0.2, 0) is 10.0 Å². The van der Waals surface area contributed by atoms with E-state index in [2.05, 4.69) is 0 Å². The lowest BCUT2D eigenvalue weighted by molar-refractivity contribution is 0.0746. The first kappa shape index (κ1) is 23.2. The number of amides is 1. The van der Waals surface area contributed by atoms with Gasteiger partial charge in [0.1, 0.15) is 5.82 Å². The zero-order valence-electron chi connectivity index (χ0n) is 17.4. The van der Waals surface area contributed by atoms with Gasteiger partial charge in [0.2, 0.25) is 10.0 Å². The van der Waals surface area contributed by atoms with Crippen LogP contribution in [0.3, 0.4) is 0 Å². The van der Waals surface area contributed by atoms with E-state index in [-0.39, 0.29) is 27.2 Å². The van der Waals surface area contributed by atoms with Crippen molar-refractivity contribution in [3.63, 3.8) is 0 Å². The van der Waals surface area contributed by atoms with Crippen molar-refractivity contribution in [1.82, 2.24) is 9.21 Å². The average molecular weight is 468 g/mol. The van der Waals surface area contributed by atoms with Crippen molar-refractivity contribution in [2.75, 3.05) is 45.2 Å². The Balaban J connectivity index is 1.76. The quantitative estimate of drug-likeness (QED) is 0.632. The van der Waals surface area contributed by atoms with Crippen molar-refractivity contribution in [3.8, 4) is 0 Å². The number of halogens is 2. The molecular formula is C21H23ClFN3O4S. The lowest BCUT2D eigenvalue weighted by Crippen LogP contribution is -2.49. The van der Waals surface area contributed by atoms with Crippen molar-refractivity contribution < 1.29 is 22.4 Å². The Morgan fingerprint density at radius 3 is 2.23 bits per heavy atom. The minimum absolute atomic E-state index is 0.0171. The summed E-state index contributed by atoms with van der Waals surface area (Å²) in [5.74, 6) is -1.08.